The van der Waals surface area contributed by atoms with Crippen molar-refractivity contribution in [3.05, 3.63) is 16.5 Å². The van der Waals surface area contributed by atoms with E-state index in [1.807, 2.05) is 0 Å². The van der Waals surface area contributed by atoms with E-state index in [1.54, 1.807) is 6.92 Å². The minimum atomic E-state index is -3.74. The van der Waals surface area contributed by atoms with Gasteiger partial charge in [0, 0.05) is 18.6 Å². The first-order valence-corrected chi connectivity index (χ1v) is 9.04. The Balaban J connectivity index is 2.15. The minimum absolute atomic E-state index is 0.00323. The molecule has 0 aliphatic heterocycles. The minimum Gasteiger partial charge on any atom is -0.477 e. The number of carbonyl (C=O) groups is 1. The van der Waals surface area contributed by atoms with Crippen LogP contribution in [-0.2, 0) is 10.0 Å². The van der Waals surface area contributed by atoms with Crippen LogP contribution in [0.1, 0.15) is 40.9 Å². The first kappa shape index (κ1) is 16.4. The van der Waals surface area contributed by atoms with Gasteiger partial charge in [0.1, 0.15) is 9.09 Å². The van der Waals surface area contributed by atoms with Crippen molar-refractivity contribution < 1.29 is 23.4 Å². The third-order valence-electron chi connectivity index (χ3n) is 3.99. The zero-order valence-electron chi connectivity index (χ0n) is 11.8. The zero-order chi connectivity index (χ0) is 15.7. The fourth-order valence-electron chi connectivity index (χ4n) is 2.63. The summed E-state index contributed by atoms with van der Waals surface area (Å²) in [6.07, 6.45) is 3.58. The zero-order valence-corrected chi connectivity index (χ0v) is 13.4. The van der Waals surface area contributed by atoms with E-state index >= 15 is 0 Å². The molecule has 0 radical (unpaired) electrons. The van der Waals surface area contributed by atoms with Crippen LogP contribution in [0.25, 0.3) is 0 Å². The largest absolute Gasteiger partial charge is 0.477 e. The summed E-state index contributed by atoms with van der Waals surface area (Å²) in [5.41, 5.74) is 0.0558. The molecule has 21 heavy (non-hydrogen) atoms. The Morgan fingerprint density at radius 1 is 1.43 bits per heavy atom. The lowest BCUT2D eigenvalue weighted by molar-refractivity contribution is 0.0701. The van der Waals surface area contributed by atoms with Gasteiger partial charge in [-0.05, 0) is 31.4 Å². The quantitative estimate of drug-likeness (QED) is 0.733. The molecule has 1 aliphatic carbocycles. The number of sulfonamides is 1. The van der Waals surface area contributed by atoms with E-state index in [9.17, 15) is 18.3 Å². The first-order valence-electron chi connectivity index (χ1n) is 6.74. The molecule has 0 amide bonds. The Bertz CT molecular complexity index is 629. The number of aliphatic hydroxyl groups excluding tert-OH is 1. The van der Waals surface area contributed by atoms with Crippen LogP contribution in [0.5, 0.6) is 0 Å². The molecule has 0 bridgehead atoms. The topological polar surface area (TPSA) is 104 Å². The molecular weight excluding hydrogens is 314 g/mol. The van der Waals surface area contributed by atoms with Crippen LogP contribution in [0.15, 0.2) is 10.3 Å². The van der Waals surface area contributed by atoms with E-state index in [0.29, 0.717) is 5.56 Å². The fourth-order valence-corrected chi connectivity index (χ4v) is 5.21. The lowest BCUT2D eigenvalue weighted by Gasteiger charge is -2.26. The normalized spacial score (nSPS) is 18.0. The highest BCUT2D eigenvalue weighted by Gasteiger charge is 2.35. The summed E-state index contributed by atoms with van der Waals surface area (Å²) < 4.78 is 27.0. The summed E-state index contributed by atoms with van der Waals surface area (Å²) in [4.78, 5) is 11.0. The predicted molar refractivity (Wildman–Crippen MR) is 79.2 cm³/mol. The van der Waals surface area contributed by atoms with Crippen molar-refractivity contribution in [1.82, 2.24) is 4.72 Å². The van der Waals surface area contributed by atoms with Crippen LogP contribution in [0.4, 0.5) is 0 Å². The molecule has 1 heterocycles. The number of thiophene rings is 1. The summed E-state index contributed by atoms with van der Waals surface area (Å²) in [6.45, 7) is 1.72. The second-order valence-corrected chi connectivity index (χ2v) is 8.62. The Morgan fingerprint density at radius 2 is 2.05 bits per heavy atom. The number of nitrogens with one attached hydrogen (secondary N) is 1. The molecule has 0 saturated heterocycles. The Labute approximate surface area is 127 Å². The lowest BCUT2D eigenvalue weighted by atomic mass is 9.88. The molecule has 1 aliphatic rings. The Hall–Kier alpha value is -0.960. The van der Waals surface area contributed by atoms with Gasteiger partial charge >= 0.3 is 5.97 Å². The number of hydrogen-bond acceptors (Lipinski definition) is 5. The maximum absolute atomic E-state index is 12.3. The highest BCUT2D eigenvalue weighted by Crippen LogP contribution is 2.37. The van der Waals surface area contributed by atoms with Gasteiger partial charge in [0.15, 0.2) is 0 Å². The second kappa shape index (κ2) is 6.04. The molecule has 1 aromatic heterocycles. The SMILES string of the molecule is Cc1cc(S(=O)(=O)NCC2(CO)CCCC2)sc1C(=O)O. The van der Waals surface area contributed by atoms with Gasteiger partial charge in [-0.3, -0.25) is 0 Å². The van der Waals surface area contributed by atoms with Crippen LogP contribution in [-0.4, -0.2) is 37.8 Å². The molecule has 118 valence electrons. The van der Waals surface area contributed by atoms with Gasteiger partial charge in [0.05, 0.1) is 0 Å². The molecule has 2 rings (SSSR count). The summed E-state index contributed by atoms with van der Waals surface area (Å²) in [6, 6.07) is 1.37. The van der Waals surface area contributed by atoms with Crippen molar-refractivity contribution in [3.8, 4) is 0 Å². The smallest absolute Gasteiger partial charge is 0.346 e. The number of aryl methyl sites for hydroxylation is 1. The average Bonchev–Trinajstić information content (AvgIpc) is 3.04. The summed E-state index contributed by atoms with van der Waals surface area (Å²) in [5, 5.41) is 18.5. The third kappa shape index (κ3) is 3.45. The number of carboxylic acid groups (broad SMARTS) is 1. The van der Waals surface area contributed by atoms with E-state index in [0.717, 1.165) is 37.0 Å². The predicted octanol–water partition coefficient (Wildman–Crippen LogP) is 1.59. The molecule has 1 aromatic rings. The first-order chi connectivity index (χ1) is 9.80. The maximum Gasteiger partial charge on any atom is 0.346 e. The van der Waals surface area contributed by atoms with Crippen molar-refractivity contribution in [3.63, 3.8) is 0 Å². The van der Waals surface area contributed by atoms with Crippen molar-refractivity contribution in [2.24, 2.45) is 5.41 Å². The van der Waals surface area contributed by atoms with Gasteiger partial charge in [-0.2, -0.15) is 0 Å². The van der Waals surface area contributed by atoms with Crippen LogP contribution < -0.4 is 4.72 Å². The molecule has 6 nitrogen and oxygen atoms in total. The fraction of sp³-hybridized carbons (Fsp3) is 0.615. The van der Waals surface area contributed by atoms with Crippen molar-refractivity contribution in [2.75, 3.05) is 13.2 Å². The van der Waals surface area contributed by atoms with Gasteiger partial charge in [-0.25, -0.2) is 17.9 Å². The summed E-state index contributed by atoms with van der Waals surface area (Å²) >= 11 is 0.751. The van der Waals surface area contributed by atoms with Gasteiger partial charge in [0.25, 0.3) is 0 Å². The second-order valence-electron chi connectivity index (χ2n) is 5.57. The molecular formula is C13H19NO5S2. The number of rotatable bonds is 6. The molecule has 1 fully saturated rings. The Kier molecular flexibility index (Phi) is 4.72. The molecule has 0 spiro atoms. The molecule has 0 unspecified atom stereocenters. The molecule has 0 atom stereocenters. The monoisotopic (exact) mass is 333 g/mol. The van der Waals surface area contributed by atoms with Gasteiger partial charge < -0.3 is 10.2 Å². The highest BCUT2D eigenvalue weighted by atomic mass is 32.2. The summed E-state index contributed by atoms with van der Waals surface area (Å²) in [7, 11) is -3.74. The third-order valence-corrected chi connectivity index (χ3v) is 7.09. The standard InChI is InChI=1S/C13H19NO5S2/c1-9-6-10(20-11(9)12(16)17)21(18,19)14-7-13(8-15)4-2-3-5-13/h6,14-15H,2-5,7-8H2,1H3,(H,16,17). The Morgan fingerprint density at radius 3 is 2.52 bits per heavy atom. The van der Waals surface area contributed by atoms with Crippen LogP contribution in [0, 0.1) is 12.3 Å². The number of aromatic carboxylic acids is 1. The van der Waals surface area contributed by atoms with E-state index in [1.165, 1.54) is 6.07 Å². The van der Waals surface area contributed by atoms with Gasteiger partial charge in [0.2, 0.25) is 10.0 Å². The number of aliphatic hydroxyl groups is 1. The summed E-state index contributed by atoms with van der Waals surface area (Å²) in [5.74, 6) is -1.12. The highest BCUT2D eigenvalue weighted by molar-refractivity contribution is 7.91. The van der Waals surface area contributed by atoms with E-state index in [4.69, 9.17) is 5.11 Å². The van der Waals surface area contributed by atoms with Crippen LogP contribution in [0.3, 0.4) is 0 Å². The van der Waals surface area contributed by atoms with Crippen LogP contribution >= 0.6 is 11.3 Å². The molecule has 3 N–H and O–H groups in total. The number of carboxylic acids is 1. The maximum atomic E-state index is 12.3. The lowest BCUT2D eigenvalue weighted by Crippen LogP contribution is -2.38. The van der Waals surface area contributed by atoms with Gasteiger partial charge in [-0.1, -0.05) is 12.8 Å². The van der Waals surface area contributed by atoms with E-state index in [2.05, 4.69) is 4.72 Å². The van der Waals surface area contributed by atoms with Crippen molar-refractivity contribution in [2.45, 2.75) is 36.8 Å². The molecule has 0 aromatic carbocycles. The number of hydrogen-bond donors (Lipinski definition) is 3. The van der Waals surface area contributed by atoms with Gasteiger partial charge in [-0.15, -0.1) is 11.3 Å². The molecule has 1 saturated carbocycles. The van der Waals surface area contributed by atoms with E-state index in [-0.39, 0.29) is 27.7 Å². The van der Waals surface area contributed by atoms with Crippen LogP contribution in [0.2, 0.25) is 0 Å². The molecule has 8 heteroatoms. The van der Waals surface area contributed by atoms with Crippen molar-refractivity contribution >= 4 is 27.3 Å². The van der Waals surface area contributed by atoms with E-state index < -0.39 is 16.0 Å². The van der Waals surface area contributed by atoms with Crippen molar-refractivity contribution in [1.29, 1.82) is 0 Å². The average molecular weight is 333 g/mol.